The monoisotopic (exact) mass is 411 g/mol. The van der Waals surface area contributed by atoms with Gasteiger partial charge in [-0.3, -0.25) is 9.59 Å². The Balaban J connectivity index is 2.07. The Labute approximate surface area is 175 Å². The van der Waals surface area contributed by atoms with Crippen LogP contribution in [0.1, 0.15) is 30.5 Å². The number of hydrogen-bond donors (Lipinski definition) is 2. The van der Waals surface area contributed by atoms with Crippen molar-refractivity contribution in [3.8, 4) is 11.5 Å². The third kappa shape index (κ3) is 4.31. The largest absolute Gasteiger partial charge is 0.508 e. The number of likely N-dealkylation sites (tertiary alicyclic amines) is 1. The van der Waals surface area contributed by atoms with Gasteiger partial charge in [0.25, 0.3) is 11.7 Å². The molecule has 0 aliphatic carbocycles. The summed E-state index contributed by atoms with van der Waals surface area (Å²) in [5, 5.41) is 20.6. The number of benzene rings is 2. The Kier molecular flexibility index (Phi) is 6.74. The van der Waals surface area contributed by atoms with Gasteiger partial charge >= 0.3 is 0 Å². The van der Waals surface area contributed by atoms with Crippen LogP contribution in [0.3, 0.4) is 0 Å². The van der Waals surface area contributed by atoms with Crippen molar-refractivity contribution in [3.05, 3.63) is 65.2 Å². The van der Waals surface area contributed by atoms with Gasteiger partial charge in [0.2, 0.25) is 0 Å². The van der Waals surface area contributed by atoms with E-state index in [1.807, 2.05) is 6.92 Å². The third-order valence-corrected chi connectivity index (χ3v) is 4.98. The minimum atomic E-state index is -0.765. The molecule has 0 spiro atoms. The van der Waals surface area contributed by atoms with Gasteiger partial charge in [-0.25, -0.2) is 0 Å². The summed E-state index contributed by atoms with van der Waals surface area (Å²) in [7, 11) is 1.51. The standard InChI is InChI=1S/C23H25NO6/c1-3-30-13-5-12-24-20(15-8-10-17(25)11-9-15)19(22(27)23(24)28)21(26)16-6-4-7-18(14-16)29-2/h4,6-11,14,20,25-26H,3,5,12-13H2,1-2H3. The lowest BCUT2D eigenvalue weighted by Crippen LogP contribution is -2.31. The second-order valence-electron chi connectivity index (χ2n) is 6.87. The van der Waals surface area contributed by atoms with Gasteiger partial charge < -0.3 is 24.6 Å². The molecule has 1 aliphatic heterocycles. The van der Waals surface area contributed by atoms with Gasteiger partial charge in [0, 0.05) is 25.3 Å². The summed E-state index contributed by atoms with van der Waals surface area (Å²) < 4.78 is 10.5. The number of amides is 1. The first-order chi connectivity index (χ1) is 14.5. The van der Waals surface area contributed by atoms with Crippen molar-refractivity contribution in [1.29, 1.82) is 0 Å². The Bertz CT molecular complexity index is 950. The van der Waals surface area contributed by atoms with E-state index in [2.05, 4.69) is 0 Å². The lowest BCUT2D eigenvalue weighted by atomic mass is 9.95. The molecule has 1 atom stereocenters. The third-order valence-electron chi connectivity index (χ3n) is 4.98. The highest BCUT2D eigenvalue weighted by Gasteiger charge is 2.45. The van der Waals surface area contributed by atoms with Crippen LogP contribution < -0.4 is 4.74 Å². The van der Waals surface area contributed by atoms with Crippen molar-refractivity contribution in [1.82, 2.24) is 4.90 Å². The maximum Gasteiger partial charge on any atom is 0.295 e. The lowest BCUT2D eigenvalue weighted by molar-refractivity contribution is -0.140. The maximum atomic E-state index is 12.9. The molecule has 0 saturated carbocycles. The number of aliphatic hydroxyl groups excluding tert-OH is 1. The quantitative estimate of drug-likeness (QED) is 0.300. The number of hydrogen-bond acceptors (Lipinski definition) is 6. The maximum absolute atomic E-state index is 12.9. The second-order valence-corrected chi connectivity index (χ2v) is 6.87. The molecule has 7 heteroatoms. The normalized spacial score (nSPS) is 18.1. The summed E-state index contributed by atoms with van der Waals surface area (Å²) in [6.07, 6.45) is 0.550. The van der Waals surface area contributed by atoms with Gasteiger partial charge in [-0.1, -0.05) is 24.3 Å². The van der Waals surface area contributed by atoms with Gasteiger partial charge in [-0.15, -0.1) is 0 Å². The molecular weight excluding hydrogens is 386 g/mol. The van der Waals surface area contributed by atoms with E-state index >= 15 is 0 Å². The van der Waals surface area contributed by atoms with E-state index in [0.29, 0.717) is 43.1 Å². The molecule has 158 valence electrons. The first-order valence-corrected chi connectivity index (χ1v) is 9.77. The summed E-state index contributed by atoms with van der Waals surface area (Å²) in [4.78, 5) is 27.2. The van der Waals surface area contributed by atoms with E-state index in [-0.39, 0.29) is 17.1 Å². The molecule has 1 saturated heterocycles. The summed E-state index contributed by atoms with van der Waals surface area (Å²) in [5.74, 6) is -1.09. The molecule has 1 heterocycles. The second kappa shape index (κ2) is 9.45. The number of carbonyl (C=O) groups excluding carboxylic acids is 2. The summed E-state index contributed by atoms with van der Waals surface area (Å²) >= 11 is 0. The van der Waals surface area contributed by atoms with Crippen molar-refractivity contribution < 1.29 is 29.3 Å². The zero-order valence-electron chi connectivity index (χ0n) is 17.0. The van der Waals surface area contributed by atoms with Crippen molar-refractivity contribution in [3.63, 3.8) is 0 Å². The van der Waals surface area contributed by atoms with Crippen LogP contribution in [0.2, 0.25) is 0 Å². The van der Waals surface area contributed by atoms with Crippen LogP contribution in [0.5, 0.6) is 11.5 Å². The average molecular weight is 411 g/mol. The number of carbonyl (C=O) groups is 2. The van der Waals surface area contributed by atoms with E-state index in [1.54, 1.807) is 36.4 Å². The number of ether oxygens (including phenoxy) is 2. The Morgan fingerprint density at radius 1 is 1.13 bits per heavy atom. The highest BCUT2D eigenvalue weighted by molar-refractivity contribution is 6.46. The number of phenolic OH excluding ortho intramolecular Hbond substituents is 1. The number of Topliss-reactive ketones (excluding diaryl/α,β-unsaturated/α-hetero) is 1. The van der Waals surface area contributed by atoms with Crippen molar-refractivity contribution in [2.24, 2.45) is 0 Å². The molecule has 7 nitrogen and oxygen atoms in total. The van der Waals surface area contributed by atoms with E-state index in [1.165, 1.54) is 24.1 Å². The van der Waals surface area contributed by atoms with Crippen LogP contribution >= 0.6 is 0 Å². The number of nitrogens with zero attached hydrogens (tertiary/aromatic N) is 1. The number of methoxy groups -OCH3 is 1. The van der Waals surface area contributed by atoms with Crippen LogP contribution in [0.4, 0.5) is 0 Å². The molecule has 1 fully saturated rings. The fourth-order valence-corrected chi connectivity index (χ4v) is 3.52. The zero-order chi connectivity index (χ0) is 21.7. The Morgan fingerprint density at radius 2 is 1.87 bits per heavy atom. The highest BCUT2D eigenvalue weighted by atomic mass is 16.5. The van der Waals surface area contributed by atoms with Crippen LogP contribution in [-0.4, -0.2) is 53.7 Å². The zero-order valence-corrected chi connectivity index (χ0v) is 17.0. The fraction of sp³-hybridized carbons (Fsp3) is 0.304. The lowest BCUT2D eigenvalue weighted by Gasteiger charge is -2.25. The number of aliphatic hydroxyl groups is 1. The predicted molar refractivity (Wildman–Crippen MR) is 111 cm³/mol. The molecule has 30 heavy (non-hydrogen) atoms. The molecule has 0 aromatic heterocycles. The van der Waals surface area contributed by atoms with Gasteiger partial charge in [-0.05, 0) is 43.2 Å². The average Bonchev–Trinajstić information content (AvgIpc) is 3.01. The molecule has 3 rings (SSSR count). The van der Waals surface area contributed by atoms with E-state index in [0.717, 1.165) is 0 Å². The SMILES string of the molecule is CCOCCCN1C(=O)C(=O)C(=C(O)c2cccc(OC)c2)C1c1ccc(O)cc1. The first kappa shape index (κ1) is 21.4. The van der Waals surface area contributed by atoms with E-state index in [9.17, 15) is 19.8 Å². The summed E-state index contributed by atoms with van der Waals surface area (Å²) in [5.41, 5.74) is 1.01. The number of aromatic hydroxyl groups is 1. The molecule has 1 aliphatic rings. The minimum absolute atomic E-state index is 0.00959. The Morgan fingerprint density at radius 3 is 2.53 bits per heavy atom. The topological polar surface area (TPSA) is 96.3 Å². The van der Waals surface area contributed by atoms with Crippen molar-refractivity contribution >= 4 is 17.4 Å². The molecule has 1 unspecified atom stereocenters. The molecule has 2 N–H and O–H groups in total. The predicted octanol–water partition coefficient (Wildman–Crippen LogP) is 3.25. The number of rotatable bonds is 8. The van der Waals surface area contributed by atoms with Gasteiger partial charge in [0.15, 0.2) is 0 Å². The first-order valence-electron chi connectivity index (χ1n) is 9.77. The molecule has 2 aromatic rings. The highest BCUT2D eigenvalue weighted by Crippen LogP contribution is 2.40. The summed E-state index contributed by atoms with van der Waals surface area (Å²) in [6.45, 7) is 3.20. The van der Waals surface area contributed by atoms with Gasteiger partial charge in [0.05, 0.1) is 18.7 Å². The Hall–Kier alpha value is -3.32. The van der Waals surface area contributed by atoms with Crippen LogP contribution in [-0.2, 0) is 14.3 Å². The van der Waals surface area contributed by atoms with Gasteiger partial charge in [0.1, 0.15) is 17.3 Å². The van der Waals surface area contributed by atoms with Gasteiger partial charge in [-0.2, -0.15) is 0 Å². The molecule has 0 bridgehead atoms. The molecule has 0 radical (unpaired) electrons. The smallest absolute Gasteiger partial charge is 0.295 e. The minimum Gasteiger partial charge on any atom is -0.508 e. The van der Waals surface area contributed by atoms with Crippen LogP contribution in [0, 0.1) is 0 Å². The van der Waals surface area contributed by atoms with Crippen molar-refractivity contribution in [2.45, 2.75) is 19.4 Å². The van der Waals surface area contributed by atoms with E-state index < -0.39 is 17.7 Å². The molecule has 2 aromatic carbocycles. The van der Waals surface area contributed by atoms with Crippen molar-refractivity contribution in [2.75, 3.05) is 26.9 Å². The fourth-order valence-electron chi connectivity index (χ4n) is 3.52. The van der Waals surface area contributed by atoms with E-state index in [4.69, 9.17) is 9.47 Å². The van der Waals surface area contributed by atoms with Crippen LogP contribution in [0.15, 0.2) is 54.1 Å². The number of phenols is 1. The number of ketones is 1. The van der Waals surface area contributed by atoms with Crippen LogP contribution in [0.25, 0.3) is 5.76 Å². The molecule has 1 amide bonds. The summed E-state index contributed by atoms with van der Waals surface area (Å²) in [6, 6.07) is 12.2. The molecular formula is C23H25NO6.